The van der Waals surface area contributed by atoms with E-state index < -0.39 is 23.3 Å². The van der Waals surface area contributed by atoms with Crippen molar-refractivity contribution in [1.29, 1.82) is 0 Å². The number of methoxy groups -OCH3 is 1. The molecule has 0 fully saturated rings. The Hall–Kier alpha value is -3.33. The van der Waals surface area contributed by atoms with Crippen molar-refractivity contribution < 1.29 is 24.0 Å². The number of amides is 2. The van der Waals surface area contributed by atoms with Crippen molar-refractivity contribution in [3.63, 3.8) is 0 Å². The Kier molecular flexibility index (Phi) is 6.34. The van der Waals surface area contributed by atoms with E-state index in [1.54, 1.807) is 24.3 Å². The lowest BCUT2D eigenvalue weighted by atomic mass is 10.1. The molecule has 0 bridgehead atoms. The quantitative estimate of drug-likeness (QED) is 0.585. The van der Waals surface area contributed by atoms with E-state index in [0.717, 1.165) is 6.07 Å². The lowest BCUT2D eigenvalue weighted by Gasteiger charge is -2.11. The number of hydrazine groups is 1. The summed E-state index contributed by atoms with van der Waals surface area (Å²) in [5.74, 6) is -0.995. The molecule has 0 unspecified atom stereocenters. The van der Waals surface area contributed by atoms with Crippen LogP contribution >= 0.6 is 11.6 Å². The first-order chi connectivity index (χ1) is 12.4. The van der Waals surface area contributed by atoms with Gasteiger partial charge < -0.3 is 9.47 Å². The fraction of sp³-hybridized carbons (Fsp3) is 0.125. The molecule has 10 heteroatoms. The minimum Gasteiger partial charge on any atom is -0.496 e. The van der Waals surface area contributed by atoms with E-state index in [1.807, 2.05) is 0 Å². The van der Waals surface area contributed by atoms with E-state index in [1.165, 1.54) is 19.2 Å². The fourth-order valence-corrected chi connectivity index (χ4v) is 2.11. The summed E-state index contributed by atoms with van der Waals surface area (Å²) < 4.78 is 10.2. The average molecular weight is 380 g/mol. The molecule has 26 heavy (non-hydrogen) atoms. The molecule has 0 saturated carbocycles. The van der Waals surface area contributed by atoms with Crippen LogP contribution in [0.3, 0.4) is 0 Å². The maximum absolute atomic E-state index is 12.1. The van der Waals surface area contributed by atoms with Crippen LogP contribution in [0.15, 0.2) is 42.5 Å². The number of halogens is 1. The molecule has 0 aromatic heterocycles. The summed E-state index contributed by atoms with van der Waals surface area (Å²) in [6, 6.07) is 10.1. The monoisotopic (exact) mass is 379 g/mol. The van der Waals surface area contributed by atoms with E-state index in [9.17, 15) is 19.7 Å². The van der Waals surface area contributed by atoms with Gasteiger partial charge in [0.1, 0.15) is 11.5 Å². The Bertz CT molecular complexity index is 842. The highest BCUT2D eigenvalue weighted by molar-refractivity contribution is 6.32. The van der Waals surface area contributed by atoms with Crippen molar-refractivity contribution in [3.8, 4) is 11.5 Å². The number of carbonyl (C=O) groups excluding carboxylic acids is 2. The molecule has 0 heterocycles. The molecular formula is C16H14ClN3O6. The maximum Gasteiger partial charge on any atom is 0.276 e. The van der Waals surface area contributed by atoms with Crippen molar-refractivity contribution in [1.82, 2.24) is 10.9 Å². The van der Waals surface area contributed by atoms with Crippen LogP contribution < -0.4 is 20.3 Å². The largest absolute Gasteiger partial charge is 0.496 e. The number of nitro groups is 1. The summed E-state index contributed by atoms with van der Waals surface area (Å²) >= 11 is 5.89. The lowest BCUT2D eigenvalue weighted by Crippen LogP contribution is -2.43. The predicted molar refractivity (Wildman–Crippen MR) is 92.2 cm³/mol. The van der Waals surface area contributed by atoms with Crippen molar-refractivity contribution >= 4 is 29.1 Å². The number of nitro benzene ring substituents is 1. The number of hydrogen-bond acceptors (Lipinski definition) is 6. The van der Waals surface area contributed by atoms with E-state index in [-0.39, 0.29) is 17.0 Å². The Balaban J connectivity index is 1.95. The fourth-order valence-electron chi connectivity index (χ4n) is 1.92. The van der Waals surface area contributed by atoms with Crippen LogP contribution in [0.1, 0.15) is 10.4 Å². The minimum absolute atomic E-state index is 0.103. The second kappa shape index (κ2) is 8.67. The second-order valence-electron chi connectivity index (χ2n) is 4.86. The van der Waals surface area contributed by atoms with Crippen molar-refractivity contribution in [3.05, 3.63) is 63.2 Å². The van der Waals surface area contributed by atoms with Gasteiger partial charge in [0.25, 0.3) is 17.5 Å². The Morgan fingerprint density at radius 2 is 1.88 bits per heavy atom. The average Bonchev–Trinajstić information content (AvgIpc) is 2.64. The molecule has 0 aliphatic rings. The van der Waals surface area contributed by atoms with Crippen LogP contribution in [0.25, 0.3) is 0 Å². The maximum atomic E-state index is 12.1. The van der Waals surface area contributed by atoms with Gasteiger partial charge in [-0.15, -0.1) is 0 Å². The van der Waals surface area contributed by atoms with Gasteiger partial charge in [-0.1, -0.05) is 23.7 Å². The molecule has 2 amide bonds. The molecule has 2 aromatic rings. The number of nitrogens with one attached hydrogen (secondary N) is 2. The van der Waals surface area contributed by atoms with Gasteiger partial charge in [0.2, 0.25) is 0 Å². The van der Waals surface area contributed by atoms with Crippen molar-refractivity contribution in [2.45, 2.75) is 0 Å². The van der Waals surface area contributed by atoms with E-state index in [4.69, 9.17) is 21.1 Å². The summed E-state index contributed by atoms with van der Waals surface area (Å²) in [4.78, 5) is 34.1. The van der Waals surface area contributed by atoms with Crippen LogP contribution in [0.4, 0.5) is 5.69 Å². The SMILES string of the molecule is COc1ccc([N+](=O)[O-])cc1C(=O)NNC(=O)COc1ccccc1Cl. The lowest BCUT2D eigenvalue weighted by molar-refractivity contribution is -0.384. The molecular weight excluding hydrogens is 366 g/mol. The Morgan fingerprint density at radius 3 is 2.54 bits per heavy atom. The molecule has 0 radical (unpaired) electrons. The van der Waals surface area contributed by atoms with Crippen LogP contribution in [-0.4, -0.2) is 30.5 Å². The molecule has 0 spiro atoms. The first-order valence-electron chi connectivity index (χ1n) is 7.21. The van der Waals surface area contributed by atoms with Crippen molar-refractivity contribution in [2.24, 2.45) is 0 Å². The third kappa shape index (κ3) is 4.84. The molecule has 9 nitrogen and oxygen atoms in total. The number of carbonyl (C=O) groups is 2. The standard InChI is InChI=1S/C16H14ClN3O6/c1-25-13-7-6-10(20(23)24)8-11(13)16(22)19-18-15(21)9-26-14-5-3-2-4-12(14)17/h2-8H,9H2,1H3,(H,18,21)(H,19,22). The molecule has 0 saturated heterocycles. The number of hydrogen-bond donors (Lipinski definition) is 2. The number of nitrogens with zero attached hydrogens (tertiary/aromatic N) is 1. The van der Waals surface area contributed by atoms with Gasteiger partial charge in [-0.05, 0) is 18.2 Å². The first kappa shape index (κ1) is 19.0. The van der Waals surface area contributed by atoms with Gasteiger partial charge in [0.15, 0.2) is 6.61 Å². The molecule has 136 valence electrons. The summed E-state index contributed by atoms with van der Waals surface area (Å²) in [5.41, 5.74) is 3.88. The van der Waals surface area contributed by atoms with E-state index in [2.05, 4.69) is 10.9 Å². The van der Waals surface area contributed by atoms with Gasteiger partial charge in [0.05, 0.1) is 22.6 Å². The minimum atomic E-state index is -0.781. The molecule has 0 aliphatic heterocycles. The zero-order valence-corrected chi connectivity index (χ0v) is 14.3. The number of ether oxygens (including phenoxy) is 2. The Morgan fingerprint density at radius 1 is 1.15 bits per heavy atom. The normalized spacial score (nSPS) is 9.92. The number of non-ortho nitro benzene ring substituents is 1. The van der Waals surface area contributed by atoms with Gasteiger partial charge >= 0.3 is 0 Å². The zero-order chi connectivity index (χ0) is 19.1. The molecule has 2 rings (SSSR count). The van der Waals surface area contributed by atoms with Crippen molar-refractivity contribution in [2.75, 3.05) is 13.7 Å². The van der Waals surface area contributed by atoms with E-state index in [0.29, 0.717) is 10.8 Å². The third-order valence-electron chi connectivity index (χ3n) is 3.15. The van der Waals surface area contributed by atoms with Gasteiger partial charge in [-0.25, -0.2) is 0 Å². The van der Waals surface area contributed by atoms with Crippen LogP contribution in [0.2, 0.25) is 5.02 Å². The number of rotatable bonds is 6. The molecule has 0 atom stereocenters. The zero-order valence-electron chi connectivity index (χ0n) is 13.5. The summed E-state index contributed by atoms with van der Waals surface area (Å²) in [6.45, 7) is -0.393. The summed E-state index contributed by atoms with van der Waals surface area (Å²) in [5, 5.41) is 11.2. The van der Waals surface area contributed by atoms with Crippen LogP contribution in [-0.2, 0) is 4.79 Å². The molecule has 2 aromatic carbocycles. The highest BCUT2D eigenvalue weighted by Crippen LogP contribution is 2.24. The Labute approximate surface area is 153 Å². The van der Waals surface area contributed by atoms with Gasteiger partial charge in [-0.3, -0.25) is 30.6 Å². The third-order valence-corrected chi connectivity index (χ3v) is 3.46. The van der Waals surface area contributed by atoms with Crippen LogP contribution in [0.5, 0.6) is 11.5 Å². The number of benzene rings is 2. The smallest absolute Gasteiger partial charge is 0.276 e. The topological polar surface area (TPSA) is 120 Å². The van der Waals surface area contributed by atoms with Crippen LogP contribution in [0, 0.1) is 10.1 Å². The first-order valence-corrected chi connectivity index (χ1v) is 7.59. The highest BCUT2D eigenvalue weighted by atomic mass is 35.5. The second-order valence-corrected chi connectivity index (χ2v) is 5.27. The van der Waals surface area contributed by atoms with Gasteiger partial charge in [-0.2, -0.15) is 0 Å². The molecule has 0 aliphatic carbocycles. The number of para-hydroxylation sites is 1. The molecule has 2 N–H and O–H groups in total. The summed E-state index contributed by atoms with van der Waals surface area (Å²) in [6.07, 6.45) is 0. The van der Waals surface area contributed by atoms with Gasteiger partial charge in [0, 0.05) is 12.1 Å². The highest BCUT2D eigenvalue weighted by Gasteiger charge is 2.18. The summed E-state index contributed by atoms with van der Waals surface area (Å²) in [7, 11) is 1.31. The predicted octanol–water partition coefficient (Wildman–Crippen LogP) is 2.10. The van der Waals surface area contributed by atoms with E-state index >= 15 is 0 Å².